The summed E-state index contributed by atoms with van der Waals surface area (Å²) in [4.78, 5) is 11.4. The van der Waals surface area contributed by atoms with Gasteiger partial charge in [-0.05, 0) is 12.8 Å². The fraction of sp³-hybridized carbons (Fsp3) is 0.778. The Balaban J connectivity index is 1.96. The predicted octanol–water partition coefficient (Wildman–Crippen LogP) is 2.27. The van der Waals surface area contributed by atoms with Crippen molar-refractivity contribution in [1.82, 2.24) is 14.8 Å². The van der Waals surface area contributed by atoms with Crippen LogP contribution in [0.25, 0.3) is 0 Å². The number of aromatic nitrogens is 3. The highest BCUT2D eigenvalue weighted by Crippen LogP contribution is 2.54. The van der Waals surface area contributed by atoms with Gasteiger partial charge in [0, 0.05) is 18.2 Å². The second-order valence-electron chi connectivity index (χ2n) is 3.94. The molecule has 4 nitrogen and oxygen atoms in total. The number of halogens is 2. The standard InChI is InChI=1S/C9H13Cl2N3OS/c1-2-3-14-7(15)12-13-8(14)16-5-6-4-9(6,10)11/h6H,2-5H2,1H3,(H,12,15)/t6-/m1/s1. The topological polar surface area (TPSA) is 50.7 Å². The van der Waals surface area contributed by atoms with Crippen LogP contribution in [0.15, 0.2) is 9.95 Å². The quantitative estimate of drug-likeness (QED) is 0.665. The summed E-state index contributed by atoms with van der Waals surface area (Å²) in [7, 11) is 0. The number of nitrogens with zero attached hydrogens (tertiary/aromatic N) is 2. The minimum absolute atomic E-state index is 0.150. The third-order valence-corrected chi connectivity index (χ3v) is 4.60. The van der Waals surface area contributed by atoms with E-state index in [2.05, 4.69) is 10.2 Å². The first-order valence-corrected chi connectivity index (χ1v) is 6.94. The molecule has 16 heavy (non-hydrogen) atoms. The van der Waals surface area contributed by atoms with Gasteiger partial charge in [-0.25, -0.2) is 9.89 Å². The van der Waals surface area contributed by atoms with E-state index in [0.29, 0.717) is 12.5 Å². The van der Waals surface area contributed by atoms with Gasteiger partial charge in [0.2, 0.25) is 0 Å². The molecule has 1 heterocycles. The van der Waals surface area contributed by atoms with Crippen LogP contribution in [0.4, 0.5) is 0 Å². The molecule has 0 saturated heterocycles. The van der Waals surface area contributed by atoms with Gasteiger partial charge in [-0.1, -0.05) is 18.7 Å². The second kappa shape index (κ2) is 4.63. The molecule has 0 amide bonds. The van der Waals surface area contributed by atoms with Crippen molar-refractivity contribution in [3.63, 3.8) is 0 Å². The molecular weight excluding hydrogens is 269 g/mol. The number of nitrogens with one attached hydrogen (secondary N) is 1. The van der Waals surface area contributed by atoms with Gasteiger partial charge in [0.05, 0.1) is 0 Å². The molecule has 1 aliphatic carbocycles. The Morgan fingerprint density at radius 3 is 2.94 bits per heavy atom. The lowest BCUT2D eigenvalue weighted by Crippen LogP contribution is -2.17. The molecule has 1 aromatic rings. The molecule has 0 bridgehead atoms. The molecule has 1 saturated carbocycles. The van der Waals surface area contributed by atoms with Crippen LogP contribution < -0.4 is 5.69 Å². The van der Waals surface area contributed by atoms with E-state index in [-0.39, 0.29) is 5.69 Å². The number of rotatable bonds is 5. The SMILES string of the molecule is CCCn1c(SC[C@H]2CC2(Cl)Cl)n[nH]c1=O. The van der Waals surface area contributed by atoms with Gasteiger partial charge in [-0.3, -0.25) is 4.57 Å². The summed E-state index contributed by atoms with van der Waals surface area (Å²) in [6.45, 7) is 2.71. The van der Waals surface area contributed by atoms with E-state index in [9.17, 15) is 4.79 Å². The molecule has 90 valence electrons. The molecule has 1 N–H and O–H groups in total. The number of hydrogen-bond donors (Lipinski definition) is 1. The Kier molecular flexibility index (Phi) is 3.56. The van der Waals surface area contributed by atoms with Crippen molar-refractivity contribution in [3.05, 3.63) is 10.5 Å². The first-order valence-electron chi connectivity index (χ1n) is 5.20. The first kappa shape index (κ1) is 12.3. The number of alkyl halides is 2. The van der Waals surface area contributed by atoms with Crippen molar-refractivity contribution in [2.24, 2.45) is 5.92 Å². The number of H-pyrrole nitrogens is 1. The second-order valence-corrected chi connectivity index (χ2v) is 6.47. The largest absolute Gasteiger partial charge is 0.343 e. The van der Waals surface area contributed by atoms with Gasteiger partial charge in [-0.2, -0.15) is 0 Å². The van der Waals surface area contributed by atoms with E-state index in [0.717, 1.165) is 23.8 Å². The Hall–Kier alpha value is -0.130. The lowest BCUT2D eigenvalue weighted by atomic mass is 10.5. The maximum atomic E-state index is 11.4. The van der Waals surface area contributed by atoms with Crippen LogP contribution in [0.2, 0.25) is 0 Å². The molecule has 0 spiro atoms. The zero-order valence-corrected chi connectivity index (χ0v) is 11.2. The fourth-order valence-electron chi connectivity index (χ4n) is 1.46. The zero-order valence-electron chi connectivity index (χ0n) is 8.87. The summed E-state index contributed by atoms with van der Waals surface area (Å²) < 4.78 is 1.09. The van der Waals surface area contributed by atoms with Crippen LogP contribution in [-0.2, 0) is 6.54 Å². The van der Waals surface area contributed by atoms with Crippen LogP contribution in [-0.4, -0.2) is 24.9 Å². The van der Waals surface area contributed by atoms with Crippen LogP contribution in [0.5, 0.6) is 0 Å². The Labute approximate surface area is 108 Å². The maximum Gasteiger partial charge on any atom is 0.343 e. The average Bonchev–Trinajstić information content (AvgIpc) is 2.68. The lowest BCUT2D eigenvalue weighted by molar-refractivity contribution is 0.603. The minimum Gasteiger partial charge on any atom is -0.270 e. The summed E-state index contributed by atoms with van der Waals surface area (Å²) >= 11 is 13.4. The van der Waals surface area contributed by atoms with Gasteiger partial charge in [-0.15, -0.1) is 28.3 Å². The molecule has 0 aromatic carbocycles. The van der Waals surface area contributed by atoms with E-state index in [1.54, 1.807) is 4.57 Å². The monoisotopic (exact) mass is 281 g/mol. The Morgan fingerprint density at radius 1 is 1.69 bits per heavy atom. The van der Waals surface area contributed by atoms with Crippen molar-refractivity contribution in [3.8, 4) is 0 Å². The highest BCUT2D eigenvalue weighted by molar-refractivity contribution is 7.99. The zero-order chi connectivity index (χ0) is 11.8. The molecule has 1 aliphatic rings. The third-order valence-electron chi connectivity index (χ3n) is 2.54. The van der Waals surface area contributed by atoms with Crippen LogP contribution >= 0.6 is 35.0 Å². The first-order chi connectivity index (χ1) is 7.54. The van der Waals surface area contributed by atoms with Gasteiger partial charge < -0.3 is 0 Å². The molecule has 2 rings (SSSR count). The Morgan fingerprint density at radius 2 is 2.38 bits per heavy atom. The van der Waals surface area contributed by atoms with Gasteiger partial charge in [0.25, 0.3) is 0 Å². The van der Waals surface area contributed by atoms with Gasteiger partial charge >= 0.3 is 5.69 Å². The molecule has 1 aromatic heterocycles. The van der Waals surface area contributed by atoms with Crippen molar-refractivity contribution in [2.75, 3.05) is 5.75 Å². The van der Waals surface area contributed by atoms with Gasteiger partial charge in [0.15, 0.2) is 5.16 Å². The average molecular weight is 282 g/mol. The van der Waals surface area contributed by atoms with E-state index < -0.39 is 4.33 Å². The molecule has 0 radical (unpaired) electrons. The van der Waals surface area contributed by atoms with Gasteiger partial charge in [0.1, 0.15) is 4.33 Å². The fourth-order valence-corrected chi connectivity index (χ4v) is 3.36. The minimum atomic E-state index is -0.556. The van der Waals surface area contributed by atoms with Crippen molar-refractivity contribution >= 4 is 35.0 Å². The highest BCUT2D eigenvalue weighted by Gasteiger charge is 2.51. The smallest absolute Gasteiger partial charge is 0.270 e. The normalized spacial score (nSPS) is 22.3. The van der Waals surface area contributed by atoms with E-state index in [1.807, 2.05) is 6.92 Å². The van der Waals surface area contributed by atoms with Crippen molar-refractivity contribution in [1.29, 1.82) is 0 Å². The maximum absolute atomic E-state index is 11.4. The summed E-state index contributed by atoms with van der Waals surface area (Å²) in [5.74, 6) is 1.11. The van der Waals surface area contributed by atoms with Crippen molar-refractivity contribution in [2.45, 2.75) is 35.8 Å². The molecule has 0 unspecified atom stereocenters. The van der Waals surface area contributed by atoms with Crippen molar-refractivity contribution < 1.29 is 0 Å². The molecule has 1 atom stereocenters. The predicted molar refractivity (Wildman–Crippen MR) is 66.4 cm³/mol. The summed E-state index contributed by atoms with van der Waals surface area (Å²) in [6.07, 6.45) is 1.73. The molecule has 7 heteroatoms. The summed E-state index contributed by atoms with van der Waals surface area (Å²) in [6, 6.07) is 0. The molecular formula is C9H13Cl2N3OS. The highest BCUT2D eigenvalue weighted by atomic mass is 35.5. The Bertz CT molecular complexity index is 429. The summed E-state index contributed by atoms with van der Waals surface area (Å²) in [5.41, 5.74) is -0.150. The van der Waals surface area contributed by atoms with E-state index in [1.165, 1.54) is 11.8 Å². The number of hydrogen-bond acceptors (Lipinski definition) is 3. The number of thioether (sulfide) groups is 1. The lowest BCUT2D eigenvalue weighted by Gasteiger charge is -2.03. The van der Waals surface area contributed by atoms with E-state index in [4.69, 9.17) is 23.2 Å². The molecule has 0 aliphatic heterocycles. The number of aromatic amines is 1. The summed E-state index contributed by atoms with van der Waals surface area (Å²) in [5, 5.41) is 7.17. The third kappa shape index (κ3) is 2.57. The van der Waals surface area contributed by atoms with Crippen LogP contribution in [0.1, 0.15) is 19.8 Å². The van der Waals surface area contributed by atoms with Crippen LogP contribution in [0, 0.1) is 5.92 Å². The molecule has 1 fully saturated rings. The van der Waals surface area contributed by atoms with E-state index >= 15 is 0 Å². The van der Waals surface area contributed by atoms with Crippen LogP contribution in [0.3, 0.4) is 0 Å².